The molecule has 1 aromatic carbocycles. The third-order valence-corrected chi connectivity index (χ3v) is 6.94. The molecule has 6 nitrogen and oxygen atoms in total. The van der Waals surface area contributed by atoms with E-state index in [1.807, 2.05) is 0 Å². The average molecular weight is 354 g/mol. The van der Waals surface area contributed by atoms with Gasteiger partial charge in [-0.05, 0) is 37.5 Å². The largest absolute Gasteiger partial charge is 0.341 e. The number of sulfonamides is 1. The molecule has 0 aliphatic carbocycles. The number of nitrogens with one attached hydrogen (secondary N) is 1. The van der Waals surface area contributed by atoms with E-state index in [1.165, 1.54) is 28.2 Å². The van der Waals surface area contributed by atoms with Crippen LogP contribution >= 0.6 is 11.8 Å². The second-order valence-electron chi connectivity index (χ2n) is 5.62. The highest BCUT2D eigenvalue weighted by molar-refractivity contribution is 8.14. The summed E-state index contributed by atoms with van der Waals surface area (Å²) in [7, 11) is -3.55. The molecule has 0 aromatic heterocycles. The predicted octanol–water partition coefficient (Wildman–Crippen LogP) is 1.23. The fourth-order valence-electron chi connectivity index (χ4n) is 2.74. The Kier molecular flexibility index (Phi) is 4.74. The Morgan fingerprint density at radius 2 is 2.00 bits per heavy atom. The van der Waals surface area contributed by atoms with Crippen molar-refractivity contribution >= 4 is 32.8 Å². The van der Waals surface area contributed by atoms with E-state index in [1.54, 1.807) is 12.1 Å². The molecule has 1 amide bonds. The highest BCUT2D eigenvalue weighted by Gasteiger charge is 2.29. The Bertz CT molecular complexity index is 727. The first kappa shape index (κ1) is 16.5. The van der Waals surface area contributed by atoms with Crippen LogP contribution in [0.25, 0.3) is 0 Å². The van der Waals surface area contributed by atoms with Gasteiger partial charge in [0.25, 0.3) is 5.91 Å². The number of hydrogen-bond acceptors (Lipinski definition) is 5. The quantitative estimate of drug-likeness (QED) is 0.879. The molecule has 2 aliphatic rings. The van der Waals surface area contributed by atoms with Crippen LogP contribution in [0.5, 0.6) is 0 Å². The molecule has 8 heteroatoms. The zero-order valence-corrected chi connectivity index (χ0v) is 14.2. The van der Waals surface area contributed by atoms with Crippen molar-refractivity contribution in [1.29, 1.82) is 0 Å². The van der Waals surface area contributed by atoms with E-state index in [0.29, 0.717) is 25.3 Å². The standard InChI is InChI=1S/C15H18N2O4S2/c18-14(16-13-6-9-22-15(13)19)11-4-3-5-12(10-11)23(20,21)17-7-1-2-8-17/h3-5,10,13H,1-2,6-9H2,(H,16,18). The van der Waals surface area contributed by atoms with Crippen LogP contribution in [0.3, 0.4) is 0 Å². The van der Waals surface area contributed by atoms with Gasteiger partial charge in [0.1, 0.15) is 0 Å². The highest BCUT2D eigenvalue weighted by Crippen LogP contribution is 2.23. The van der Waals surface area contributed by atoms with Gasteiger partial charge in [0.15, 0.2) is 0 Å². The second kappa shape index (κ2) is 6.62. The molecule has 0 saturated carbocycles. The van der Waals surface area contributed by atoms with E-state index in [2.05, 4.69) is 5.32 Å². The predicted molar refractivity (Wildman–Crippen MR) is 87.8 cm³/mol. The van der Waals surface area contributed by atoms with Gasteiger partial charge < -0.3 is 5.32 Å². The topological polar surface area (TPSA) is 83.5 Å². The molecule has 1 atom stereocenters. The lowest BCUT2D eigenvalue weighted by molar-refractivity contribution is -0.112. The number of rotatable bonds is 4. The first-order chi connectivity index (χ1) is 11.0. The van der Waals surface area contributed by atoms with Crippen LogP contribution in [0, 0.1) is 0 Å². The van der Waals surface area contributed by atoms with E-state index in [4.69, 9.17) is 0 Å². The summed E-state index contributed by atoms with van der Waals surface area (Å²) in [6.07, 6.45) is 2.34. The minimum absolute atomic E-state index is 0.0424. The molecular formula is C15H18N2O4S2. The lowest BCUT2D eigenvalue weighted by atomic mass is 10.2. The molecule has 0 bridgehead atoms. The molecule has 0 spiro atoms. The third-order valence-electron chi connectivity index (χ3n) is 4.04. The molecule has 1 unspecified atom stereocenters. The van der Waals surface area contributed by atoms with Crippen LogP contribution in [0.2, 0.25) is 0 Å². The van der Waals surface area contributed by atoms with E-state index >= 15 is 0 Å². The molecule has 124 valence electrons. The molecule has 2 aliphatic heterocycles. The minimum atomic E-state index is -3.55. The maximum absolute atomic E-state index is 12.5. The average Bonchev–Trinajstić information content (AvgIpc) is 3.20. The minimum Gasteiger partial charge on any atom is -0.341 e. The number of carbonyl (C=O) groups excluding carboxylic acids is 2. The van der Waals surface area contributed by atoms with E-state index in [-0.39, 0.29) is 15.6 Å². The van der Waals surface area contributed by atoms with Gasteiger partial charge in [0.05, 0.1) is 10.9 Å². The summed E-state index contributed by atoms with van der Waals surface area (Å²) in [6.45, 7) is 1.04. The summed E-state index contributed by atoms with van der Waals surface area (Å²) < 4.78 is 26.5. The molecule has 2 heterocycles. The maximum Gasteiger partial charge on any atom is 0.251 e. The van der Waals surface area contributed by atoms with E-state index in [0.717, 1.165) is 12.8 Å². The van der Waals surface area contributed by atoms with Crippen molar-refractivity contribution in [3.8, 4) is 0 Å². The van der Waals surface area contributed by atoms with Crippen LogP contribution < -0.4 is 5.32 Å². The molecule has 23 heavy (non-hydrogen) atoms. The zero-order chi connectivity index (χ0) is 16.4. The Labute approximate surface area is 139 Å². The lowest BCUT2D eigenvalue weighted by Crippen LogP contribution is -2.37. The molecule has 2 fully saturated rings. The number of nitrogens with zero attached hydrogens (tertiary/aromatic N) is 1. The smallest absolute Gasteiger partial charge is 0.251 e. The molecule has 1 aromatic rings. The Morgan fingerprint density at radius 3 is 2.65 bits per heavy atom. The van der Waals surface area contributed by atoms with Crippen molar-refractivity contribution in [1.82, 2.24) is 9.62 Å². The molecule has 2 saturated heterocycles. The summed E-state index contributed by atoms with van der Waals surface area (Å²) in [5, 5.41) is 2.63. The number of hydrogen-bond donors (Lipinski definition) is 1. The van der Waals surface area contributed by atoms with Gasteiger partial charge >= 0.3 is 0 Å². The normalized spacial score (nSPS) is 22.4. The van der Waals surface area contributed by atoms with Gasteiger partial charge in [-0.15, -0.1) is 0 Å². The number of benzene rings is 1. The van der Waals surface area contributed by atoms with Crippen molar-refractivity contribution in [2.75, 3.05) is 18.8 Å². The van der Waals surface area contributed by atoms with Gasteiger partial charge in [-0.2, -0.15) is 4.31 Å². The second-order valence-corrected chi connectivity index (χ2v) is 8.66. The number of carbonyl (C=O) groups is 2. The molecular weight excluding hydrogens is 336 g/mol. The van der Waals surface area contributed by atoms with Crippen LogP contribution in [-0.4, -0.2) is 48.6 Å². The molecule has 1 N–H and O–H groups in total. The fourth-order valence-corrected chi connectivity index (χ4v) is 5.24. The van der Waals surface area contributed by atoms with Crippen molar-refractivity contribution in [3.05, 3.63) is 29.8 Å². The summed E-state index contributed by atoms with van der Waals surface area (Å²) in [5.41, 5.74) is 0.259. The summed E-state index contributed by atoms with van der Waals surface area (Å²) in [6, 6.07) is 5.52. The number of thioether (sulfide) groups is 1. The van der Waals surface area contributed by atoms with Gasteiger partial charge in [-0.3, -0.25) is 9.59 Å². The summed E-state index contributed by atoms with van der Waals surface area (Å²) in [5.74, 6) is 0.289. The van der Waals surface area contributed by atoms with Crippen molar-refractivity contribution < 1.29 is 18.0 Å². The fraction of sp³-hybridized carbons (Fsp3) is 0.467. The van der Waals surface area contributed by atoms with E-state index < -0.39 is 22.0 Å². The van der Waals surface area contributed by atoms with Gasteiger partial charge in [0.2, 0.25) is 15.1 Å². The molecule has 0 radical (unpaired) electrons. The summed E-state index contributed by atoms with van der Waals surface area (Å²) >= 11 is 1.21. The van der Waals surface area contributed by atoms with Crippen LogP contribution in [-0.2, 0) is 14.8 Å². The first-order valence-electron chi connectivity index (χ1n) is 7.56. The van der Waals surface area contributed by atoms with Gasteiger partial charge in [-0.1, -0.05) is 17.8 Å². The van der Waals surface area contributed by atoms with Crippen molar-refractivity contribution in [3.63, 3.8) is 0 Å². The van der Waals surface area contributed by atoms with Crippen LogP contribution in [0.1, 0.15) is 29.6 Å². The van der Waals surface area contributed by atoms with Crippen LogP contribution in [0.4, 0.5) is 0 Å². The Morgan fingerprint density at radius 1 is 1.26 bits per heavy atom. The molecule has 3 rings (SSSR count). The highest BCUT2D eigenvalue weighted by atomic mass is 32.2. The van der Waals surface area contributed by atoms with Gasteiger partial charge in [-0.25, -0.2) is 8.42 Å². The summed E-state index contributed by atoms with van der Waals surface area (Å²) in [4.78, 5) is 24.0. The van der Waals surface area contributed by atoms with Gasteiger partial charge in [0, 0.05) is 24.4 Å². The Hall–Kier alpha value is -1.38. The lowest BCUT2D eigenvalue weighted by Gasteiger charge is -2.16. The maximum atomic E-state index is 12.5. The first-order valence-corrected chi connectivity index (χ1v) is 9.99. The Balaban J connectivity index is 1.79. The SMILES string of the molecule is O=C(NC1CCSC1=O)c1cccc(S(=O)(=O)N2CCCC2)c1. The van der Waals surface area contributed by atoms with Crippen molar-refractivity contribution in [2.45, 2.75) is 30.2 Å². The third kappa shape index (κ3) is 3.44. The zero-order valence-electron chi connectivity index (χ0n) is 12.5. The van der Waals surface area contributed by atoms with Crippen LogP contribution in [0.15, 0.2) is 29.2 Å². The van der Waals surface area contributed by atoms with E-state index in [9.17, 15) is 18.0 Å². The monoisotopic (exact) mass is 354 g/mol. The van der Waals surface area contributed by atoms with Crippen molar-refractivity contribution in [2.24, 2.45) is 0 Å². The number of amides is 1.